The number of ether oxygens (including phenoxy) is 2. The number of carbonyl (C=O) groups excluding carboxylic acids is 1. The van der Waals surface area contributed by atoms with E-state index in [0.29, 0.717) is 33.2 Å². The van der Waals surface area contributed by atoms with Crippen molar-refractivity contribution < 1.29 is 14.3 Å². The van der Waals surface area contributed by atoms with Gasteiger partial charge < -0.3 is 9.47 Å². The summed E-state index contributed by atoms with van der Waals surface area (Å²) in [6.45, 7) is 4.07. The predicted octanol–water partition coefficient (Wildman–Crippen LogP) is 3.47. The molecule has 0 atom stereocenters. The van der Waals surface area contributed by atoms with E-state index in [2.05, 4.69) is 17.0 Å². The Kier molecular flexibility index (Phi) is 6.08. The molecule has 0 spiro atoms. The number of esters is 1. The second-order valence-corrected chi connectivity index (χ2v) is 7.88. The van der Waals surface area contributed by atoms with E-state index in [-0.39, 0.29) is 5.56 Å². The minimum atomic E-state index is -0.435. The number of thiazole rings is 1. The van der Waals surface area contributed by atoms with E-state index in [4.69, 9.17) is 9.47 Å². The SMILES string of the molecule is CCCCOc1ccccc1C=c1sc2nc(-c3ccccc3OC(C)=O)nn2c1=O. The molecule has 4 rings (SSSR count). The highest BCUT2D eigenvalue weighted by Crippen LogP contribution is 2.28. The third-order valence-electron chi connectivity index (χ3n) is 4.52. The number of hydrogen-bond donors (Lipinski definition) is 0. The molecular weight excluding hydrogens is 414 g/mol. The summed E-state index contributed by atoms with van der Waals surface area (Å²) in [5.74, 6) is 0.987. The molecule has 7 nitrogen and oxygen atoms in total. The Morgan fingerprint density at radius 2 is 1.87 bits per heavy atom. The maximum absolute atomic E-state index is 12.9. The standard InChI is InChI=1S/C23H21N3O4S/c1-3-4-13-29-18-11-7-5-9-16(18)14-20-22(28)26-23(31-20)24-21(25-26)17-10-6-8-12-19(17)30-15(2)27/h5-12,14H,3-4,13H2,1-2H3. The molecule has 0 saturated heterocycles. The van der Waals surface area contributed by atoms with E-state index in [1.165, 1.54) is 22.8 Å². The van der Waals surface area contributed by atoms with Crippen molar-refractivity contribution in [3.63, 3.8) is 0 Å². The highest BCUT2D eigenvalue weighted by molar-refractivity contribution is 7.15. The van der Waals surface area contributed by atoms with Gasteiger partial charge in [-0.25, -0.2) is 0 Å². The fourth-order valence-electron chi connectivity index (χ4n) is 3.04. The van der Waals surface area contributed by atoms with Crippen molar-refractivity contribution in [2.75, 3.05) is 6.61 Å². The van der Waals surface area contributed by atoms with Gasteiger partial charge in [0, 0.05) is 12.5 Å². The van der Waals surface area contributed by atoms with Gasteiger partial charge >= 0.3 is 5.97 Å². The fourth-order valence-corrected chi connectivity index (χ4v) is 3.94. The first-order chi connectivity index (χ1) is 15.1. The summed E-state index contributed by atoms with van der Waals surface area (Å²) >= 11 is 1.25. The number of benzene rings is 2. The second-order valence-electron chi connectivity index (χ2n) is 6.88. The monoisotopic (exact) mass is 435 g/mol. The first kappa shape index (κ1) is 20.7. The van der Waals surface area contributed by atoms with Crippen LogP contribution in [-0.2, 0) is 4.79 Å². The summed E-state index contributed by atoms with van der Waals surface area (Å²) in [6, 6.07) is 14.6. The number of aromatic nitrogens is 3. The van der Waals surface area contributed by atoms with Gasteiger partial charge in [0.25, 0.3) is 5.56 Å². The molecular formula is C23H21N3O4S. The number of carbonyl (C=O) groups is 1. The average molecular weight is 436 g/mol. The summed E-state index contributed by atoms with van der Waals surface area (Å²) in [5, 5.41) is 4.36. The molecule has 0 unspecified atom stereocenters. The lowest BCUT2D eigenvalue weighted by atomic mass is 10.2. The van der Waals surface area contributed by atoms with Gasteiger partial charge in [0.1, 0.15) is 11.5 Å². The van der Waals surface area contributed by atoms with Gasteiger partial charge in [-0.05, 0) is 30.7 Å². The van der Waals surface area contributed by atoms with Crippen molar-refractivity contribution in [3.05, 3.63) is 69.0 Å². The van der Waals surface area contributed by atoms with Gasteiger partial charge in [-0.1, -0.05) is 55.0 Å². The maximum atomic E-state index is 12.9. The van der Waals surface area contributed by atoms with E-state index in [9.17, 15) is 9.59 Å². The van der Waals surface area contributed by atoms with E-state index in [0.717, 1.165) is 24.2 Å². The van der Waals surface area contributed by atoms with E-state index in [1.54, 1.807) is 30.3 Å². The van der Waals surface area contributed by atoms with Gasteiger partial charge in [0.05, 0.1) is 16.7 Å². The Labute approximate surface area is 182 Å². The number of rotatable bonds is 7. The molecule has 2 heterocycles. The molecule has 8 heteroatoms. The maximum Gasteiger partial charge on any atom is 0.308 e. The molecule has 0 aliphatic carbocycles. The van der Waals surface area contributed by atoms with Gasteiger partial charge in [-0.3, -0.25) is 9.59 Å². The van der Waals surface area contributed by atoms with Crippen molar-refractivity contribution >= 4 is 28.3 Å². The number of para-hydroxylation sites is 2. The smallest absolute Gasteiger partial charge is 0.308 e. The zero-order valence-electron chi connectivity index (χ0n) is 17.2. The molecule has 31 heavy (non-hydrogen) atoms. The second kappa shape index (κ2) is 9.09. The van der Waals surface area contributed by atoms with Gasteiger partial charge in [0.2, 0.25) is 4.96 Å². The van der Waals surface area contributed by atoms with Crippen molar-refractivity contribution in [1.29, 1.82) is 0 Å². The highest BCUT2D eigenvalue weighted by atomic mass is 32.1. The lowest BCUT2D eigenvalue weighted by molar-refractivity contribution is -0.131. The zero-order chi connectivity index (χ0) is 21.8. The summed E-state index contributed by atoms with van der Waals surface area (Å²) in [5.41, 5.74) is 1.13. The van der Waals surface area contributed by atoms with E-state index < -0.39 is 5.97 Å². The number of fused-ring (bicyclic) bond motifs is 1. The molecule has 0 amide bonds. The van der Waals surface area contributed by atoms with E-state index in [1.807, 2.05) is 24.3 Å². The first-order valence-corrected chi connectivity index (χ1v) is 10.8. The van der Waals surface area contributed by atoms with Crippen LogP contribution < -0.4 is 19.6 Å². The van der Waals surface area contributed by atoms with Gasteiger partial charge in [-0.2, -0.15) is 9.50 Å². The van der Waals surface area contributed by atoms with Gasteiger partial charge in [-0.15, -0.1) is 5.10 Å². The summed E-state index contributed by atoms with van der Waals surface area (Å²) in [7, 11) is 0. The Bertz CT molecular complexity index is 1340. The summed E-state index contributed by atoms with van der Waals surface area (Å²) in [4.78, 5) is 29.2. The largest absolute Gasteiger partial charge is 0.493 e. The van der Waals surface area contributed by atoms with Crippen LogP contribution >= 0.6 is 11.3 Å². The molecule has 0 aliphatic heterocycles. The predicted molar refractivity (Wildman–Crippen MR) is 120 cm³/mol. The number of nitrogens with zero attached hydrogens (tertiary/aromatic N) is 3. The van der Waals surface area contributed by atoms with Crippen LogP contribution in [0.1, 0.15) is 32.3 Å². The summed E-state index contributed by atoms with van der Waals surface area (Å²) in [6.07, 6.45) is 3.82. The Morgan fingerprint density at radius 1 is 1.13 bits per heavy atom. The minimum absolute atomic E-state index is 0.257. The minimum Gasteiger partial charge on any atom is -0.493 e. The van der Waals surface area contributed by atoms with Crippen molar-refractivity contribution in [2.24, 2.45) is 0 Å². The van der Waals surface area contributed by atoms with Crippen LogP contribution in [0.15, 0.2) is 53.3 Å². The van der Waals surface area contributed by atoms with Crippen molar-refractivity contribution in [3.8, 4) is 22.9 Å². The number of unbranched alkanes of at least 4 members (excludes halogenated alkanes) is 1. The molecule has 4 aromatic rings. The Morgan fingerprint density at radius 3 is 2.61 bits per heavy atom. The van der Waals surface area contributed by atoms with Crippen LogP contribution in [0.4, 0.5) is 0 Å². The molecule has 2 aromatic carbocycles. The molecule has 0 N–H and O–H groups in total. The van der Waals surface area contributed by atoms with Crippen LogP contribution in [0.2, 0.25) is 0 Å². The average Bonchev–Trinajstić information content (AvgIpc) is 3.29. The topological polar surface area (TPSA) is 82.8 Å². The zero-order valence-corrected chi connectivity index (χ0v) is 18.0. The fraction of sp³-hybridized carbons (Fsp3) is 0.217. The molecule has 0 aliphatic rings. The lowest BCUT2D eigenvalue weighted by Gasteiger charge is -2.07. The van der Waals surface area contributed by atoms with Gasteiger partial charge in [0.15, 0.2) is 5.82 Å². The number of hydrogen-bond acceptors (Lipinski definition) is 7. The molecule has 0 bridgehead atoms. The third-order valence-corrected chi connectivity index (χ3v) is 5.48. The molecule has 2 aromatic heterocycles. The molecule has 0 radical (unpaired) electrons. The third kappa shape index (κ3) is 4.49. The first-order valence-electron chi connectivity index (χ1n) is 9.97. The Hall–Kier alpha value is -3.52. The van der Waals surface area contributed by atoms with Crippen LogP contribution in [0.3, 0.4) is 0 Å². The quantitative estimate of drug-likeness (QED) is 0.251. The summed E-state index contributed by atoms with van der Waals surface area (Å²) < 4.78 is 12.9. The molecule has 158 valence electrons. The normalized spacial score (nSPS) is 11.7. The van der Waals surface area contributed by atoms with Crippen molar-refractivity contribution in [1.82, 2.24) is 14.6 Å². The Balaban J connectivity index is 1.72. The highest BCUT2D eigenvalue weighted by Gasteiger charge is 2.16. The van der Waals surface area contributed by atoms with Crippen LogP contribution in [0.25, 0.3) is 22.4 Å². The lowest BCUT2D eigenvalue weighted by Crippen LogP contribution is -2.23. The van der Waals surface area contributed by atoms with Crippen LogP contribution in [0, 0.1) is 0 Å². The van der Waals surface area contributed by atoms with Crippen LogP contribution in [0.5, 0.6) is 11.5 Å². The molecule has 0 saturated carbocycles. The van der Waals surface area contributed by atoms with Crippen LogP contribution in [-0.4, -0.2) is 27.2 Å². The van der Waals surface area contributed by atoms with Crippen molar-refractivity contribution in [2.45, 2.75) is 26.7 Å². The molecule has 0 fully saturated rings. The van der Waals surface area contributed by atoms with E-state index >= 15 is 0 Å².